The molecule has 0 unspecified atom stereocenters. The van der Waals surface area contributed by atoms with Gasteiger partial charge in [0.1, 0.15) is 6.07 Å². The van der Waals surface area contributed by atoms with Gasteiger partial charge in [0.25, 0.3) is 0 Å². The van der Waals surface area contributed by atoms with E-state index in [0.717, 1.165) is 22.7 Å². The lowest BCUT2D eigenvalue weighted by atomic mass is 9.84. The predicted octanol–water partition coefficient (Wildman–Crippen LogP) is 4.25. The zero-order chi connectivity index (χ0) is 13.0. The van der Waals surface area contributed by atoms with Gasteiger partial charge in [-0.3, -0.25) is 0 Å². The number of anilines is 1. The molecule has 1 aromatic carbocycles. The normalized spacial score (nSPS) is 23.4. The Morgan fingerprint density at radius 2 is 2.00 bits per heavy atom. The number of hydrogen-bond donors (Lipinski definition) is 1. The van der Waals surface area contributed by atoms with Gasteiger partial charge < -0.3 is 5.32 Å². The van der Waals surface area contributed by atoms with E-state index in [1.54, 1.807) is 0 Å². The Kier molecular flexibility index (Phi) is 4.25. The third-order valence-corrected chi connectivity index (χ3v) is 4.08. The topological polar surface area (TPSA) is 35.8 Å². The highest BCUT2D eigenvalue weighted by molar-refractivity contribution is 5.59. The Hall–Kier alpha value is -1.49. The van der Waals surface area contributed by atoms with Crippen molar-refractivity contribution in [1.82, 2.24) is 0 Å². The lowest BCUT2D eigenvalue weighted by molar-refractivity contribution is 0.330. The molecule has 0 aromatic heterocycles. The molecule has 2 nitrogen and oxygen atoms in total. The fourth-order valence-electron chi connectivity index (χ4n) is 2.81. The minimum absolute atomic E-state index is 0.544. The summed E-state index contributed by atoms with van der Waals surface area (Å²) < 4.78 is 0. The van der Waals surface area contributed by atoms with Gasteiger partial charge in [-0.25, -0.2) is 0 Å². The Morgan fingerprint density at radius 1 is 1.28 bits per heavy atom. The van der Waals surface area contributed by atoms with Gasteiger partial charge in [-0.2, -0.15) is 5.26 Å². The number of aryl methyl sites for hydroxylation is 1. The van der Waals surface area contributed by atoms with Crippen LogP contribution < -0.4 is 5.32 Å². The van der Waals surface area contributed by atoms with Crippen molar-refractivity contribution in [1.29, 1.82) is 5.26 Å². The number of nitrogens with zero attached hydrogens (tertiary/aromatic N) is 1. The summed E-state index contributed by atoms with van der Waals surface area (Å²) in [5.74, 6) is 0.913. The molecule has 2 rings (SSSR count). The quantitative estimate of drug-likeness (QED) is 0.860. The van der Waals surface area contributed by atoms with E-state index in [1.807, 2.05) is 19.1 Å². The van der Waals surface area contributed by atoms with E-state index >= 15 is 0 Å². The molecule has 1 aliphatic rings. The minimum Gasteiger partial charge on any atom is -0.381 e. The Balaban J connectivity index is 2.00. The van der Waals surface area contributed by atoms with Crippen LogP contribution in [0.5, 0.6) is 0 Å². The molecule has 0 saturated heterocycles. The highest BCUT2D eigenvalue weighted by Gasteiger charge is 2.20. The first kappa shape index (κ1) is 13.0. The molecule has 1 fully saturated rings. The maximum Gasteiger partial charge on any atom is 0.101 e. The fourth-order valence-corrected chi connectivity index (χ4v) is 2.81. The summed E-state index contributed by atoms with van der Waals surface area (Å²) in [4.78, 5) is 0. The van der Waals surface area contributed by atoms with Crippen molar-refractivity contribution >= 4 is 5.69 Å². The molecule has 0 radical (unpaired) electrons. The van der Waals surface area contributed by atoms with Gasteiger partial charge in [-0.15, -0.1) is 0 Å². The highest BCUT2D eigenvalue weighted by atomic mass is 14.9. The molecule has 1 aliphatic carbocycles. The summed E-state index contributed by atoms with van der Waals surface area (Å²) in [6.07, 6.45) is 6.42. The maximum atomic E-state index is 9.16. The second-order valence-electron chi connectivity index (χ2n) is 5.43. The molecule has 0 bridgehead atoms. The maximum absolute atomic E-state index is 9.16. The van der Waals surface area contributed by atoms with Crippen LogP contribution in [0.15, 0.2) is 18.2 Å². The molecule has 0 aliphatic heterocycles. The van der Waals surface area contributed by atoms with Crippen molar-refractivity contribution in [2.45, 2.75) is 52.0 Å². The highest BCUT2D eigenvalue weighted by Crippen LogP contribution is 2.29. The van der Waals surface area contributed by atoms with E-state index in [1.165, 1.54) is 32.1 Å². The van der Waals surface area contributed by atoms with Crippen LogP contribution >= 0.6 is 0 Å². The second kappa shape index (κ2) is 5.91. The fraction of sp³-hybridized carbons (Fsp3) is 0.562. The van der Waals surface area contributed by atoms with E-state index in [4.69, 9.17) is 5.26 Å². The number of benzene rings is 1. The molecule has 0 amide bonds. The molecular formula is C16H22N2. The molecule has 1 saturated carbocycles. The Labute approximate surface area is 110 Å². The van der Waals surface area contributed by atoms with Gasteiger partial charge in [0.05, 0.1) is 11.3 Å². The van der Waals surface area contributed by atoms with Crippen LogP contribution in [0.1, 0.15) is 50.2 Å². The number of hydrogen-bond acceptors (Lipinski definition) is 2. The van der Waals surface area contributed by atoms with Crippen LogP contribution in [-0.2, 0) is 0 Å². The first-order valence-electron chi connectivity index (χ1n) is 7.00. The smallest absolute Gasteiger partial charge is 0.101 e. The SMILES string of the molecule is CCC1CCC(Nc2ccc(C)cc2C#N)CC1. The first-order valence-corrected chi connectivity index (χ1v) is 7.00. The molecule has 0 atom stereocenters. The van der Waals surface area contributed by atoms with Gasteiger partial charge in [-0.05, 0) is 56.2 Å². The van der Waals surface area contributed by atoms with E-state index in [2.05, 4.69) is 24.4 Å². The lowest BCUT2D eigenvalue weighted by Crippen LogP contribution is -2.26. The van der Waals surface area contributed by atoms with Crippen LogP contribution in [0.4, 0.5) is 5.69 Å². The Morgan fingerprint density at radius 3 is 2.61 bits per heavy atom. The van der Waals surface area contributed by atoms with Crippen LogP contribution in [0.3, 0.4) is 0 Å². The average molecular weight is 242 g/mol. The standard InChI is InChI=1S/C16H22N2/c1-3-13-5-7-15(8-6-13)18-16-9-4-12(2)10-14(16)11-17/h4,9-10,13,15,18H,3,5-8H2,1-2H3. The monoisotopic (exact) mass is 242 g/mol. The van der Waals surface area contributed by atoms with Crippen LogP contribution in [-0.4, -0.2) is 6.04 Å². The summed E-state index contributed by atoms with van der Waals surface area (Å²) in [6.45, 7) is 4.31. The average Bonchev–Trinajstić information content (AvgIpc) is 2.41. The Bertz CT molecular complexity index is 437. The van der Waals surface area contributed by atoms with E-state index < -0.39 is 0 Å². The minimum atomic E-state index is 0.544. The van der Waals surface area contributed by atoms with Gasteiger partial charge in [0.15, 0.2) is 0 Å². The van der Waals surface area contributed by atoms with Crippen LogP contribution in [0.2, 0.25) is 0 Å². The summed E-state index contributed by atoms with van der Waals surface area (Å²) in [5, 5.41) is 12.7. The third-order valence-electron chi connectivity index (χ3n) is 4.08. The molecule has 96 valence electrons. The van der Waals surface area contributed by atoms with Crippen molar-refractivity contribution in [3.05, 3.63) is 29.3 Å². The molecule has 2 heteroatoms. The van der Waals surface area contributed by atoms with Crippen LogP contribution in [0.25, 0.3) is 0 Å². The van der Waals surface area contributed by atoms with Gasteiger partial charge in [-0.1, -0.05) is 19.4 Å². The lowest BCUT2D eigenvalue weighted by Gasteiger charge is -2.29. The van der Waals surface area contributed by atoms with E-state index in [0.29, 0.717) is 6.04 Å². The predicted molar refractivity (Wildman–Crippen MR) is 75.6 cm³/mol. The van der Waals surface area contributed by atoms with Crippen molar-refractivity contribution in [2.75, 3.05) is 5.32 Å². The van der Waals surface area contributed by atoms with Gasteiger partial charge >= 0.3 is 0 Å². The number of rotatable bonds is 3. The second-order valence-corrected chi connectivity index (χ2v) is 5.43. The van der Waals surface area contributed by atoms with Gasteiger partial charge in [0.2, 0.25) is 0 Å². The molecule has 1 N–H and O–H groups in total. The number of nitrogens with one attached hydrogen (secondary N) is 1. The van der Waals surface area contributed by atoms with Crippen molar-refractivity contribution < 1.29 is 0 Å². The van der Waals surface area contributed by atoms with Gasteiger partial charge in [0, 0.05) is 6.04 Å². The zero-order valence-corrected chi connectivity index (χ0v) is 11.4. The molecule has 0 spiro atoms. The summed E-state index contributed by atoms with van der Waals surface area (Å²) in [7, 11) is 0. The van der Waals surface area contributed by atoms with E-state index in [9.17, 15) is 0 Å². The summed E-state index contributed by atoms with van der Waals surface area (Å²) in [5.41, 5.74) is 2.92. The van der Waals surface area contributed by atoms with Crippen molar-refractivity contribution in [3.8, 4) is 6.07 Å². The summed E-state index contributed by atoms with van der Waals surface area (Å²) in [6, 6.07) is 8.90. The molecule has 0 heterocycles. The van der Waals surface area contributed by atoms with Crippen molar-refractivity contribution in [3.63, 3.8) is 0 Å². The largest absolute Gasteiger partial charge is 0.381 e. The summed E-state index contributed by atoms with van der Waals surface area (Å²) >= 11 is 0. The molecule has 18 heavy (non-hydrogen) atoms. The van der Waals surface area contributed by atoms with E-state index in [-0.39, 0.29) is 0 Å². The number of nitriles is 1. The zero-order valence-electron chi connectivity index (χ0n) is 11.4. The first-order chi connectivity index (χ1) is 8.72. The van der Waals surface area contributed by atoms with Crippen molar-refractivity contribution in [2.24, 2.45) is 5.92 Å². The molecular weight excluding hydrogens is 220 g/mol. The molecule has 1 aromatic rings. The third kappa shape index (κ3) is 3.04. The van der Waals surface area contributed by atoms with Crippen LogP contribution in [0, 0.1) is 24.2 Å².